The van der Waals surface area contributed by atoms with Gasteiger partial charge >= 0.3 is 18.3 Å². The fourth-order valence-electron chi connectivity index (χ4n) is 3.96. The summed E-state index contributed by atoms with van der Waals surface area (Å²) in [5.74, 6) is -0.711. The summed E-state index contributed by atoms with van der Waals surface area (Å²) >= 11 is 0. The molecule has 4 N–H and O–H groups in total. The molecule has 12 heteroatoms. The number of rotatable bonds is 11. The number of hydrogen-bond donors (Lipinski definition) is 4. The van der Waals surface area contributed by atoms with Crippen molar-refractivity contribution < 1.29 is 33.4 Å². The van der Waals surface area contributed by atoms with Gasteiger partial charge in [0.1, 0.15) is 24.9 Å². The summed E-state index contributed by atoms with van der Waals surface area (Å²) < 4.78 is 15.9. The van der Waals surface area contributed by atoms with E-state index >= 15 is 0 Å². The van der Waals surface area contributed by atoms with Gasteiger partial charge in [0.05, 0.1) is 6.04 Å². The van der Waals surface area contributed by atoms with Crippen LogP contribution in [0.2, 0.25) is 0 Å². The Balaban J connectivity index is 1.75. The summed E-state index contributed by atoms with van der Waals surface area (Å²) in [4.78, 5) is 55.1. The van der Waals surface area contributed by atoms with Crippen molar-refractivity contribution in [1.29, 1.82) is 0 Å². The van der Waals surface area contributed by atoms with Gasteiger partial charge in [0, 0.05) is 6.54 Å². The van der Waals surface area contributed by atoms with E-state index in [1.807, 2.05) is 66.7 Å². The Bertz CT molecular complexity index is 1390. The van der Waals surface area contributed by atoms with Crippen molar-refractivity contribution >= 4 is 30.1 Å². The van der Waals surface area contributed by atoms with Crippen molar-refractivity contribution in [1.82, 2.24) is 21.3 Å². The fourth-order valence-corrected chi connectivity index (χ4v) is 3.96. The number of guanidine groups is 1. The molecule has 2 atom stereocenters. The lowest BCUT2D eigenvalue weighted by molar-refractivity contribution is -0.122. The van der Waals surface area contributed by atoms with Crippen LogP contribution in [0.5, 0.6) is 0 Å². The van der Waals surface area contributed by atoms with Gasteiger partial charge in [-0.1, -0.05) is 91.0 Å². The van der Waals surface area contributed by atoms with Crippen LogP contribution in [0.15, 0.2) is 96.0 Å². The third-order valence-electron chi connectivity index (χ3n) is 6.13. The van der Waals surface area contributed by atoms with E-state index in [0.717, 1.165) is 16.7 Å². The Labute approximate surface area is 268 Å². The molecule has 0 saturated heterocycles. The van der Waals surface area contributed by atoms with E-state index in [-0.39, 0.29) is 25.7 Å². The van der Waals surface area contributed by atoms with Gasteiger partial charge in [0.15, 0.2) is 0 Å². The molecule has 0 saturated carbocycles. The summed E-state index contributed by atoms with van der Waals surface area (Å²) in [5, 5.41) is 10.2. The minimum atomic E-state index is -0.909. The number of amides is 4. The van der Waals surface area contributed by atoms with Gasteiger partial charge in [-0.3, -0.25) is 15.4 Å². The number of benzene rings is 3. The Morgan fingerprint density at radius 3 is 1.61 bits per heavy atom. The third kappa shape index (κ3) is 13.9. The van der Waals surface area contributed by atoms with Gasteiger partial charge in [-0.05, 0) is 50.8 Å². The van der Waals surface area contributed by atoms with Crippen molar-refractivity contribution in [2.24, 2.45) is 4.99 Å². The molecule has 0 fully saturated rings. The second kappa shape index (κ2) is 17.8. The van der Waals surface area contributed by atoms with Gasteiger partial charge in [-0.2, -0.15) is 0 Å². The molecule has 46 heavy (non-hydrogen) atoms. The number of ether oxygens (including phenoxy) is 3. The first kappa shape index (κ1) is 35.1. The van der Waals surface area contributed by atoms with Crippen molar-refractivity contribution in [3.05, 3.63) is 108 Å². The average Bonchev–Trinajstić information content (AvgIpc) is 3.02. The Morgan fingerprint density at radius 1 is 0.696 bits per heavy atom. The van der Waals surface area contributed by atoms with E-state index < -0.39 is 41.9 Å². The molecule has 12 nitrogen and oxygen atoms in total. The van der Waals surface area contributed by atoms with Crippen LogP contribution in [-0.4, -0.2) is 54.4 Å². The summed E-state index contributed by atoms with van der Waals surface area (Å²) in [6.07, 6.45) is -2.11. The highest BCUT2D eigenvalue weighted by Gasteiger charge is 2.22. The number of carbonyl (C=O) groups is 4. The molecule has 0 aliphatic heterocycles. The van der Waals surface area contributed by atoms with E-state index in [0.29, 0.717) is 6.42 Å². The zero-order valence-electron chi connectivity index (χ0n) is 26.4. The summed E-state index contributed by atoms with van der Waals surface area (Å²) in [5.41, 5.74) is 1.70. The lowest BCUT2D eigenvalue weighted by atomic mass is 10.1. The Morgan fingerprint density at radius 2 is 1.15 bits per heavy atom. The first-order chi connectivity index (χ1) is 22.0. The maximum atomic E-state index is 12.9. The Kier molecular flexibility index (Phi) is 13.6. The highest BCUT2D eigenvalue weighted by atomic mass is 16.6. The minimum absolute atomic E-state index is 0.000940. The lowest BCUT2D eigenvalue weighted by Gasteiger charge is -2.22. The van der Waals surface area contributed by atoms with Crippen LogP contribution < -0.4 is 21.3 Å². The molecular weight excluding hydrogens is 590 g/mol. The maximum absolute atomic E-state index is 12.9. The summed E-state index contributed by atoms with van der Waals surface area (Å²) in [7, 11) is 0. The zero-order valence-corrected chi connectivity index (χ0v) is 26.4. The number of nitrogens with zero attached hydrogens (tertiary/aromatic N) is 1. The van der Waals surface area contributed by atoms with E-state index in [9.17, 15) is 19.2 Å². The Hall–Kier alpha value is -5.39. The van der Waals surface area contributed by atoms with Crippen LogP contribution in [0.25, 0.3) is 0 Å². The molecule has 0 spiro atoms. The summed E-state index contributed by atoms with van der Waals surface area (Å²) in [6.45, 7) is 6.66. The second-order valence-electron chi connectivity index (χ2n) is 11.3. The quantitative estimate of drug-likeness (QED) is 0.134. The van der Waals surface area contributed by atoms with Crippen molar-refractivity contribution in [3.63, 3.8) is 0 Å². The predicted molar refractivity (Wildman–Crippen MR) is 173 cm³/mol. The fraction of sp³-hybridized carbons (Fsp3) is 0.324. The molecule has 2 unspecified atom stereocenters. The molecule has 0 aromatic heterocycles. The number of aliphatic imine (C=N–C) groups is 1. The third-order valence-corrected chi connectivity index (χ3v) is 6.13. The van der Waals surface area contributed by atoms with E-state index in [2.05, 4.69) is 26.3 Å². The summed E-state index contributed by atoms with van der Waals surface area (Å²) in [6, 6.07) is 26.0. The number of alkyl carbamates (subject to hydrolysis) is 3. The van der Waals surface area contributed by atoms with Crippen LogP contribution in [-0.2, 0) is 38.6 Å². The van der Waals surface area contributed by atoms with Crippen molar-refractivity contribution in [2.75, 3.05) is 6.54 Å². The molecule has 244 valence electrons. The van der Waals surface area contributed by atoms with Crippen LogP contribution >= 0.6 is 0 Å². The molecule has 3 aromatic carbocycles. The highest BCUT2D eigenvalue weighted by molar-refractivity contribution is 6.01. The van der Waals surface area contributed by atoms with E-state index in [1.165, 1.54) is 6.92 Å². The molecule has 4 amide bonds. The second-order valence-corrected chi connectivity index (χ2v) is 11.3. The molecule has 0 heterocycles. The van der Waals surface area contributed by atoms with Crippen LogP contribution in [0.3, 0.4) is 0 Å². The topological polar surface area (TPSA) is 156 Å². The predicted octanol–water partition coefficient (Wildman–Crippen LogP) is 4.84. The van der Waals surface area contributed by atoms with E-state index in [1.54, 1.807) is 45.0 Å². The molecule has 0 radical (unpaired) electrons. The van der Waals surface area contributed by atoms with Gasteiger partial charge < -0.3 is 24.8 Å². The molecule has 3 rings (SSSR count). The standard InChI is InChI=1S/C34H41N5O7/c1-24(36-33(43)46-34(2,3)4)29(40)35-21-28(20-25-14-8-5-9-15-25)37-30(38-31(41)44-22-26-16-10-6-11-17-26)39-32(42)45-23-27-18-12-7-13-19-27/h5-19,24,28H,20-23H2,1-4H3,(H,35,40)(H,36,43)(H2,37,38,39,41,42). The average molecular weight is 632 g/mol. The largest absolute Gasteiger partial charge is 0.444 e. The number of carbonyl (C=O) groups excluding carboxylic acids is 4. The zero-order chi connectivity index (χ0) is 33.4. The van der Waals surface area contributed by atoms with Gasteiger partial charge in [-0.15, -0.1) is 0 Å². The first-order valence-electron chi connectivity index (χ1n) is 14.8. The van der Waals surface area contributed by atoms with Crippen LogP contribution in [0.4, 0.5) is 14.4 Å². The lowest BCUT2D eigenvalue weighted by Crippen LogP contribution is -2.49. The molecular formula is C34H41N5O7. The first-order valence-corrected chi connectivity index (χ1v) is 14.8. The SMILES string of the molecule is CC(NC(=O)OC(C)(C)C)C(=O)NCC(Cc1ccccc1)N=C(NC(=O)OCc1ccccc1)NC(=O)OCc1ccccc1. The number of nitrogens with one attached hydrogen (secondary N) is 4. The van der Waals surface area contributed by atoms with Crippen molar-refractivity contribution in [3.8, 4) is 0 Å². The smallest absolute Gasteiger partial charge is 0.414 e. The molecule has 0 aliphatic rings. The maximum Gasteiger partial charge on any atom is 0.414 e. The van der Waals surface area contributed by atoms with Gasteiger partial charge in [0.2, 0.25) is 11.9 Å². The number of hydrogen-bond acceptors (Lipinski definition) is 8. The minimum Gasteiger partial charge on any atom is -0.444 e. The normalized spacial score (nSPS) is 12.0. The van der Waals surface area contributed by atoms with Gasteiger partial charge in [-0.25, -0.2) is 19.4 Å². The van der Waals surface area contributed by atoms with Crippen LogP contribution in [0.1, 0.15) is 44.4 Å². The molecule has 0 aliphatic carbocycles. The van der Waals surface area contributed by atoms with Crippen molar-refractivity contribution in [2.45, 2.75) is 65.0 Å². The molecule has 3 aromatic rings. The monoisotopic (exact) mass is 631 g/mol. The highest BCUT2D eigenvalue weighted by Crippen LogP contribution is 2.08. The van der Waals surface area contributed by atoms with Crippen LogP contribution in [0, 0.1) is 0 Å². The van der Waals surface area contributed by atoms with E-state index in [4.69, 9.17) is 14.2 Å². The van der Waals surface area contributed by atoms with Gasteiger partial charge in [0.25, 0.3) is 0 Å². The molecule has 0 bridgehead atoms.